The zero-order chi connectivity index (χ0) is 13.2. The van der Waals surface area contributed by atoms with E-state index in [2.05, 4.69) is 22.0 Å². The average molecular weight is 307 g/mol. The van der Waals surface area contributed by atoms with Crippen molar-refractivity contribution >= 4 is 21.8 Å². The van der Waals surface area contributed by atoms with Crippen LogP contribution in [-0.4, -0.2) is 23.9 Å². The number of carbonyl (C=O) groups is 1. The van der Waals surface area contributed by atoms with E-state index < -0.39 is 0 Å². The molecule has 1 aliphatic rings. The van der Waals surface area contributed by atoms with Crippen molar-refractivity contribution in [1.82, 2.24) is 4.90 Å². The number of rotatable bonds is 1. The Morgan fingerprint density at radius 2 is 2.00 bits per heavy atom. The lowest BCUT2D eigenvalue weighted by molar-refractivity contribution is 0.0661. The van der Waals surface area contributed by atoms with Gasteiger partial charge in [-0.05, 0) is 47.8 Å². The van der Waals surface area contributed by atoms with Crippen molar-refractivity contribution in [2.24, 2.45) is 5.41 Å². The third-order valence-electron chi connectivity index (χ3n) is 3.53. The summed E-state index contributed by atoms with van der Waals surface area (Å²) in [7, 11) is 0. The summed E-state index contributed by atoms with van der Waals surface area (Å²) in [6.45, 7) is 3.28. The first-order valence-corrected chi connectivity index (χ1v) is 6.80. The van der Waals surface area contributed by atoms with Gasteiger partial charge in [0.2, 0.25) is 0 Å². The van der Waals surface area contributed by atoms with Crippen LogP contribution in [0.4, 0.5) is 0 Å². The summed E-state index contributed by atoms with van der Waals surface area (Å²) in [5, 5.41) is 9.08. The Kier molecular flexibility index (Phi) is 3.72. The molecule has 0 bridgehead atoms. The first-order chi connectivity index (χ1) is 8.56. The van der Waals surface area contributed by atoms with Crippen LogP contribution in [0.15, 0.2) is 28.7 Å². The number of hydrogen-bond acceptors (Lipinski definition) is 2. The Balaban J connectivity index is 2.10. The van der Waals surface area contributed by atoms with Crippen LogP contribution in [0, 0.1) is 16.7 Å². The van der Waals surface area contributed by atoms with E-state index in [1.54, 1.807) is 0 Å². The number of hydrogen-bond donors (Lipinski definition) is 0. The van der Waals surface area contributed by atoms with E-state index in [0.29, 0.717) is 18.7 Å². The maximum Gasteiger partial charge on any atom is 0.254 e. The van der Waals surface area contributed by atoms with Gasteiger partial charge in [0.25, 0.3) is 5.91 Å². The highest BCUT2D eigenvalue weighted by molar-refractivity contribution is 9.10. The van der Waals surface area contributed by atoms with Crippen molar-refractivity contribution in [2.75, 3.05) is 13.1 Å². The molecule has 1 amide bonds. The van der Waals surface area contributed by atoms with Crippen molar-refractivity contribution in [1.29, 1.82) is 5.26 Å². The lowest BCUT2D eigenvalue weighted by atomic mass is 9.82. The minimum atomic E-state index is -0.273. The van der Waals surface area contributed by atoms with Crippen LogP contribution in [-0.2, 0) is 0 Å². The summed E-state index contributed by atoms with van der Waals surface area (Å²) in [6, 6.07) is 9.79. The molecule has 0 saturated carbocycles. The molecule has 0 radical (unpaired) electrons. The molecule has 1 aromatic rings. The molecule has 3 nitrogen and oxygen atoms in total. The molecule has 0 N–H and O–H groups in total. The van der Waals surface area contributed by atoms with Gasteiger partial charge < -0.3 is 4.90 Å². The first kappa shape index (κ1) is 13.1. The molecule has 4 heteroatoms. The normalized spacial score (nSPS) is 18.2. The highest BCUT2D eigenvalue weighted by Gasteiger charge is 2.32. The molecule has 0 aromatic heterocycles. The van der Waals surface area contributed by atoms with E-state index in [0.717, 1.165) is 17.3 Å². The van der Waals surface area contributed by atoms with Crippen molar-refractivity contribution < 1.29 is 4.79 Å². The molecule has 0 aliphatic carbocycles. The molecule has 1 aliphatic heterocycles. The molecule has 1 aromatic carbocycles. The zero-order valence-corrected chi connectivity index (χ0v) is 11.9. The fourth-order valence-electron chi connectivity index (χ4n) is 2.12. The minimum Gasteiger partial charge on any atom is -0.339 e. The molecule has 1 saturated heterocycles. The van der Waals surface area contributed by atoms with E-state index in [4.69, 9.17) is 5.26 Å². The topological polar surface area (TPSA) is 44.1 Å². The average Bonchev–Trinajstić information content (AvgIpc) is 2.39. The van der Waals surface area contributed by atoms with Crippen molar-refractivity contribution in [2.45, 2.75) is 19.8 Å². The maximum absolute atomic E-state index is 12.3. The van der Waals surface area contributed by atoms with Gasteiger partial charge in [-0.1, -0.05) is 12.1 Å². The van der Waals surface area contributed by atoms with Crippen LogP contribution in [0.5, 0.6) is 0 Å². The summed E-state index contributed by atoms with van der Waals surface area (Å²) < 4.78 is 0.823. The lowest BCUT2D eigenvalue weighted by Gasteiger charge is -2.35. The Bertz CT molecular complexity index is 499. The Hall–Kier alpha value is -1.34. The smallest absolute Gasteiger partial charge is 0.254 e. The van der Waals surface area contributed by atoms with Crippen LogP contribution in [0.1, 0.15) is 30.1 Å². The van der Waals surface area contributed by atoms with Crippen molar-refractivity contribution in [3.63, 3.8) is 0 Å². The highest BCUT2D eigenvalue weighted by atomic mass is 79.9. The van der Waals surface area contributed by atoms with Crippen LogP contribution >= 0.6 is 15.9 Å². The maximum atomic E-state index is 12.3. The number of nitrogens with zero attached hydrogens (tertiary/aromatic N) is 2. The van der Waals surface area contributed by atoms with Crippen LogP contribution in [0.2, 0.25) is 0 Å². The van der Waals surface area contributed by atoms with Gasteiger partial charge in [-0.2, -0.15) is 5.26 Å². The Morgan fingerprint density at radius 3 is 2.56 bits per heavy atom. The summed E-state index contributed by atoms with van der Waals surface area (Å²) >= 11 is 3.40. The van der Waals surface area contributed by atoms with Gasteiger partial charge in [0.15, 0.2) is 0 Å². The quantitative estimate of drug-likeness (QED) is 0.799. The van der Waals surface area contributed by atoms with Gasteiger partial charge in [0.1, 0.15) is 0 Å². The van der Waals surface area contributed by atoms with Crippen molar-refractivity contribution in [3.8, 4) is 6.07 Å². The van der Waals surface area contributed by atoms with E-state index in [9.17, 15) is 4.79 Å². The first-order valence-electron chi connectivity index (χ1n) is 6.01. The highest BCUT2D eigenvalue weighted by Crippen LogP contribution is 2.31. The van der Waals surface area contributed by atoms with E-state index >= 15 is 0 Å². The van der Waals surface area contributed by atoms with Gasteiger partial charge in [0.05, 0.1) is 17.0 Å². The van der Waals surface area contributed by atoms with Crippen LogP contribution < -0.4 is 0 Å². The third-order valence-corrected chi connectivity index (χ3v) is 4.22. The van der Waals surface area contributed by atoms with E-state index in [-0.39, 0.29) is 11.3 Å². The predicted octanol–water partition coefficient (Wildman–Crippen LogP) is 3.21. The predicted molar refractivity (Wildman–Crippen MR) is 73.0 cm³/mol. The van der Waals surface area contributed by atoms with Gasteiger partial charge >= 0.3 is 0 Å². The fraction of sp³-hybridized carbons (Fsp3) is 0.429. The molecule has 94 valence electrons. The lowest BCUT2D eigenvalue weighted by Crippen LogP contribution is -2.41. The van der Waals surface area contributed by atoms with Crippen LogP contribution in [0.3, 0.4) is 0 Å². The zero-order valence-electron chi connectivity index (χ0n) is 10.3. The van der Waals surface area contributed by atoms with Gasteiger partial charge in [-0.25, -0.2) is 0 Å². The summed E-state index contributed by atoms with van der Waals surface area (Å²) in [5.74, 6) is 0.0439. The third kappa shape index (κ3) is 2.56. The number of likely N-dealkylation sites (tertiary alicyclic amines) is 1. The second-order valence-corrected chi connectivity index (χ2v) is 5.80. The summed E-state index contributed by atoms with van der Waals surface area (Å²) in [4.78, 5) is 14.2. The fourth-order valence-corrected chi connectivity index (χ4v) is 2.57. The molecule has 0 unspecified atom stereocenters. The van der Waals surface area contributed by atoms with Gasteiger partial charge in [0, 0.05) is 17.6 Å². The number of halogens is 1. The Labute approximate surface area is 116 Å². The molecular weight excluding hydrogens is 292 g/mol. The Morgan fingerprint density at radius 1 is 1.39 bits per heavy atom. The summed E-state index contributed by atoms with van der Waals surface area (Å²) in [6.07, 6.45) is 1.50. The monoisotopic (exact) mass is 306 g/mol. The van der Waals surface area contributed by atoms with Crippen LogP contribution in [0.25, 0.3) is 0 Å². The summed E-state index contributed by atoms with van der Waals surface area (Å²) in [5.41, 5.74) is 0.420. The standard InChI is InChI=1S/C14H15BrN2O/c1-14(10-16)6-8-17(9-7-14)13(18)11-4-2-3-5-12(11)15/h2-5H,6-9H2,1H3. The van der Waals surface area contributed by atoms with E-state index in [1.807, 2.05) is 36.1 Å². The second kappa shape index (κ2) is 5.11. The molecule has 1 heterocycles. The SMILES string of the molecule is CC1(C#N)CCN(C(=O)c2ccccc2Br)CC1. The van der Waals surface area contributed by atoms with E-state index in [1.165, 1.54) is 0 Å². The molecule has 2 rings (SSSR count). The number of piperidine rings is 1. The van der Waals surface area contributed by atoms with Gasteiger partial charge in [-0.3, -0.25) is 4.79 Å². The second-order valence-electron chi connectivity index (χ2n) is 4.94. The molecular formula is C14H15BrN2O. The molecule has 18 heavy (non-hydrogen) atoms. The van der Waals surface area contributed by atoms with Gasteiger partial charge in [-0.15, -0.1) is 0 Å². The largest absolute Gasteiger partial charge is 0.339 e. The minimum absolute atomic E-state index is 0.0439. The molecule has 1 fully saturated rings. The number of nitriles is 1. The molecule has 0 atom stereocenters. The number of amides is 1. The number of carbonyl (C=O) groups excluding carboxylic acids is 1. The molecule has 0 spiro atoms. The number of benzene rings is 1. The van der Waals surface area contributed by atoms with Crippen molar-refractivity contribution in [3.05, 3.63) is 34.3 Å².